The summed E-state index contributed by atoms with van der Waals surface area (Å²) < 4.78 is 0. The highest BCUT2D eigenvalue weighted by Gasteiger charge is 2.22. The van der Waals surface area contributed by atoms with Gasteiger partial charge in [-0.05, 0) is 39.0 Å². The summed E-state index contributed by atoms with van der Waals surface area (Å²) in [5.41, 5.74) is 0. The number of aliphatic hydroxyl groups excluding tert-OH is 3. The van der Waals surface area contributed by atoms with Gasteiger partial charge in [0.05, 0.1) is 18.8 Å². The van der Waals surface area contributed by atoms with Crippen molar-refractivity contribution in [3.63, 3.8) is 0 Å². The molecule has 0 saturated heterocycles. The predicted molar refractivity (Wildman–Crippen MR) is 218 cm³/mol. The summed E-state index contributed by atoms with van der Waals surface area (Å²) in [5, 5.41) is 32.9. The molecule has 0 heterocycles. The van der Waals surface area contributed by atoms with Gasteiger partial charge in [0.25, 0.3) is 0 Å². The fraction of sp³-hybridized carbons (Fsp3) is 0.844. The van der Waals surface area contributed by atoms with Gasteiger partial charge in [0, 0.05) is 0 Å². The van der Waals surface area contributed by atoms with Gasteiger partial charge in [0.2, 0.25) is 5.91 Å². The van der Waals surface area contributed by atoms with Crippen LogP contribution >= 0.6 is 0 Å². The Morgan fingerprint density at radius 3 is 1.22 bits per heavy atom. The number of hydrogen-bond acceptors (Lipinski definition) is 4. The van der Waals surface area contributed by atoms with Crippen LogP contribution in [0.4, 0.5) is 0 Å². The number of nitrogens with one attached hydrogen (secondary N) is 1. The van der Waals surface area contributed by atoms with Gasteiger partial charge < -0.3 is 20.6 Å². The van der Waals surface area contributed by atoms with E-state index in [1.165, 1.54) is 154 Å². The van der Waals surface area contributed by atoms with E-state index in [0.717, 1.165) is 44.9 Å². The van der Waals surface area contributed by atoms with Crippen molar-refractivity contribution in [1.82, 2.24) is 5.32 Å². The number of unbranched alkanes of at least 4 members (excludes halogenated alkanes) is 28. The number of aliphatic hydroxyl groups is 3. The van der Waals surface area contributed by atoms with E-state index in [2.05, 4.69) is 36.5 Å². The molecule has 0 aromatic carbocycles. The highest BCUT2D eigenvalue weighted by Crippen LogP contribution is 2.16. The lowest BCUT2D eigenvalue weighted by molar-refractivity contribution is -0.131. The first-order valence-corrected chi connectivity index (χ1v) is 21.8. The molecule has 4 N–H and O–H groups in total. The zero-order valence-electron chi connectivity index (χ0n) is 33.3. The van der Waals surface area contributed by atoms with Gasteiger partial charge in [-0.25, -0.2) is 0 Å². The lowest BCUT2D eigenvalue weighted by Crippen LogP contribution is -2.48. The molecule has 5 nitrogen and oxygen atoms in total. The molecule has 0 aromatic heterocycles. The third-order valence-electron chi connectivity index (χ3n) is 10.1. The number of amides is 1. The first-order chi connectivity index (χ1) is 24.6. The summed E-state index contributed by atoms with van der Waals surface area (Å²) in [7, 11) is 0. The fourth-order valence-corrected chi connectivity index (χ4v) is 6.64. The molecule has 0 aromatic rings. The minimum Gasteiger partial charge on any atom is -0.394 e. The average Bonchev–Trinajstić information content (AvgIpc) is 3.12. The van der Waals surface area contributed by atoms with Crippen molar-refractivity contribution in [2.24, 2.45) is 0 Å². The normalized spacial score (nSPS) is 13.9. The molecule has 294 valence electrons. The van der Waals surface area contributed by atoms with Crippen molar-refractivity contribution in [1.29, 1.82) is 0 Å². The maximum atomic E-state index is 12.4. The highest BCUT2D eigenvalue weighted by atomic mass is 16.3. The standard InChI is InChI=1S/C45H85NO4/c1-3-5-7-9-11-13-14-15-16-17-18-19-20-21-22-23-24-25-26-27-28-29-30-32-34-36-38-40-44(49)45(50)46-42(41-47)43(48)39-37-35-33-31-12-10-8-6-4-2/h4,6,12,31,37,39,42-44,47-49H,3,5,7-11,13-30,32-36,38,40-41H2,1-2H3,(H,46,50)/b6-4+,31-12+,39-37+. The second-order valence-corrected chi connectivity index (χ2v) is 14.9. The van der Waals surface area contributed by atoms with Gasteiger partial charge in [-0.3, -0.25) is 4.79 Å². The van der Waals surface area contributed by atoms with Crippen molar-refractivity contribution in [3.05, 3.63) is 36.5 Å². The second kappa shape index (κ2) is 40.3. The Hall–Kier alpha value is -1.43. The van der Waals surface area contributed by atoms with Crippen LogP contribution in [0.2, 0.25) is 0 Å². The number of rotatable bonds is 39. The Balaban J connectivity index is 3.52. The van der Waals surface area contributed by atoms with Crippen LogP contribution in [0.3, 0.4) is 0 Å². The third kappa shape index (κ3) is 35.0. The van der Waals surface area contributed by atoms with Crippen LogP contribution < -0.4 is 5.32 Å². The summed E-state index contributed by atoms with van der Waals surface area (Å²) in [6.45, 7) is 3.94. The van der Waals surface area contributed by atoms with E-state index in [9.17, 15) is 20.1 Å². The monoisotopic (exact) mass is 704 g/mol. The predicted octanol–water partition coefficient (Wildman–Crippen LogP) is 12.4. The Kier molecular flexibility index (Phi) is 39.2. The SMILES string of the molecule is C/C=C/CC/C=C/CC/C=C/C(O)C(CO)NC(=O)C(O)CCCCCCCCCCCCCCCCCCCCCCCCCCCCC. The molecule has 0 aliphatic rings. The van der Waals surface area contributed by atoms with Gasteiger partial charge in [-0.1, -0.05) is 217 Å². The largest absolute Gasteiger partial charge is 0.394 e. The minimum absolute atomic E-state index is 0.381. The maximum Gasteiger partial charge on any atom is 0.249 e. The van der Waals surface area contributed by atoms with Crippen LogP contribution in [0.1, 0.15) is 219 Å². The molecule has 0 rings (SSSR count). The molecule has 0 aliphatic heterocycles. The molecule has 1 amide bonds. The highest BCUT2D eigenvalue weighted by molar-refractivity contribution is 5.80. The summed E-state index contributed by atoms with van der Waals surface area (Å²) in [6, 6.07) is -0.816. The molecular formula is C45H85NO4. The van der Waals surface area contributed by atoms with Gasteiger partial charge in [0.15, 0.2) is 0 Å². The molecule has 5 heteroatoms. The smallest absolute Gasteiger partial charge is 0.249 e. The molecule has 0 radical (unpaired) electrons. The molecule has 0 saturated carbocycles. The van der Waals surface area contributed by atoms with E-state index in [1.807, 2.05) is 13.0 Å². The van der Waals surface area contributed by atoms with Crippen molar-refractivity contribution >= 4 is 5.91 Å². The lowest BCUT2D eigenvalue weighted by atomic mass is 10.0. The van der Waals surface area contributed by atoms with Crippen LogP contribution in [-0.2, 0) is 4.79 Å². The molecule has 0 spiro atoms. The average molecular weight is 704 g/mol. The maximum absolute atomic E-state index is 12.4. The minimum atomic E-state index is -1.10. The van der Waals surface area contributed by atoms with E-state index in [-0.39, 0.29) is 6.61 Å². The summed E-state index contributed by atoms with van der Waals surface area (Å²) in [6.07, 6.45) is 50.8. The van der Waals surface area contributed by atoms with Gasteiger partial charge >= 0.3 is 0 Å². The molecule has 0 aliphatic carbocycles. The molecule has 0 bridgehead atoms. The summed E-state index contributed by atoms with van der Waals surface area (Å²) in [4.78, 5) is 12.4. The number of allylic oxidation sites excluding steroid dienone is 5. The van der Waals surface area contributed by atoms with Crippen LogP contribution in [0.5, 0.6) is 0 Å². The van der Waals surface area contributed by atoms with E-state index >= 15 is 0 Å². The number of carbonyl (C=O) groups excluding carboxylic acids is 1. The van der Waals surface area contributed by atoms with E-state index < -0.39 is 24.2 Å². The number of hydrogen-bond donors (Lipinski definition) is 4. The van der Waals surface area contributed by atoms with Gasteiger partial charge in [0.1, 0.15) is 6.10 Å². The van der Waals surface area contributed by atoms with Crippen molar-refractivity contribution in [2.45, 2.75) is 238 Å². The van der Waals surface area contributed by atoms with E-state index in [0.29, 0.717) is 6.42 Å². The molecule has 50 heavy (non-hydrogen) atoms. The molecule has 0 fully saturated rings. The fourth-order valence-electron chi connectivity index (χ4n) is 6.64. The van der Waals surface area contributed by atoms with E-state index in [4.69, 9.17) is 0 Å². The van der Waals surface area contributed by atoms with Crippen molar-refractivity contribution in [3.8, 4) is 0 Å². The van der Waals surface area contributed by atoms with Gasteiger partial charge in [-0.2, -0.15) is 0 Å². The van der Waals surface area contributed by atoms with Crippen LogP contribution in [0.15, 0.2) is 36.5 Å². The second-order valence-electron chi connectivity index (χ2n) is 14.9. The topological polar surface area (TPSA) is 89.8 Å². The first-order valence-electron chi connectivity index (χ1n) is 21.8. The zero-order chi connectivity index (χ0) is 36.6. The lowest BCUT2D eigenvalue weighted by Gasteiger charge is -2.21. The summed E-state index contributed by atoms with van der Waals surface area (Å²) in [5.74, 6) is -0.518. The van der Waals surface area contributed by atoms with Crippen LogP contribution in [0.25, 0.3) is 0 Å². The number of carbonyl (C=O) groups is 1. The zero-order valence-corrected chi connectivity index (χ0v) is 33.3. The molecule has 3 unspecified atom stereocenters. The molecular weight excluding hydrogens is 618 g/mol. The first kappa shape index (κ1) is 48.6. The van der Waals surface area contributed by atoms with Crippen LogP contribution in [-0.4, -0.2) is 46.1 Å². The molecule has 3 atom stereocenters. The van der Waals surface area contributed by atoms with Crippen LogP contribution in [0, 0.1) is 0 Å². The quantitative estimate of drug-likeness (QED) is 0.0379. The Morgan fingerprint density at radius 1 is 0.520 bits per heavy atom. The van der Waals surface area contributed by atoms with Gasteiger partial charge in [-0.15, -0.1) is 0 Å². The Labute approximate surface area is 311 Å². The Bertz CT molecular complexity index is 779. The van der Waals surface area contributed by atoms with Crippen molar-refractivity contribution < 1.29 is 20.1 Å². The van der Waals surface area contributed by atoms with E-state index in [1.54, 1.807) is 6.08 Å². The Morgan fingerprint density at radius 2 is 0.860 bits per heavy atom. The third-order valence-corrected chi connectivity index (χ3v) is 10.1. The van der Waals surface area contributed by atoms with Crippen molar-refractivity contribution in [2.75, 3.05) is 6.61 Å². The summed E-state index contributed by atoms with van der Waals surface area (Å²) >= 11 is 0.